The molecule has 0 aliphatic heterocycles. The van der Waals surface area contributed by atoms with Gasteiger partial charge in [-0.15, -0.1) is 0 Å². The Hall–Kier alpha value is -4.17. The average molecular weight is 425 g/mol. The maximum Gasteiger partial charge on any atom is 0.336 e. The summed E-state index contributed by atoms with van der Waals surface area (Å²) in [6.45, 7) is 4.51. The number of rotatable bonds is 7. The number of carbonyl (C=O) groups excluding carboxylic acids is 1. The maximum atomic E-state index is 12.4. The standard InChI is InChI=1S/C27H24N2O3/c1-18(2)17-29-26(30)22-13-14-24(25(15-22)27(31)32)23-6-4-3-5-21(23)12-11-19-7-9-20(16-28)10-8-19/h3-15,18H,17H2,1-2H3,(H,29,30)(H,31,32)/b12-11+. The quantitative estimate of drug-likeness (QED) is 0.492. The number of benzene rings is 3. The van der Waals surface area contributed by atoms with E-state index in [0.717, 1.165) is 16.7 Å². The van der Waals surface area contributed by atoms with Crippen LogP contribution < -0.4 is 5.32 Å². The fourth-order valence-electron chi connectivity index (χ4n) is 3.24. The van der Waals surface area contributed by atoms with Crippen LogP contribution in [0.25, 0.3) is 23.3 Å². The average Bonchev–Trinajstić information content (AvgIpc) is 2.81. The first-order valence-corrected chi connectivity index (χ1v) is 10.3. The molecule has 5 nitrogen and oxygen atoms in total. The van der Waals surface area contributed by atoms with Crippen LogP contribution in [0.15, 0.2) is 66.7 Å². The van der Waals surface area contributed by atoms with Gasteiger partial charge >= 0.3 is 5.97 Å². The van der Waals surface area contributed by atoms with E-state index >= 15 is 0 Å². The molecule has 32 heavy (non-hydrogen) atoms. The van der Waals surface area contributed by atoms with Crippen LogP contribution in [-0.2, 0) is 0 Å². The maximum absolute atomic E-state index is 12.4. The van der Waals surface area contributed by atoms with Crippen LogP contribution in [0.2, 0.25) is 0 Å². The zero-order chi connectivity index (χ0) is 23.1. The van der Waals surface area contributed by atoms with Gasteiger partial charge in [-0.3, -0.25) is 4.79 Å². The minimum atomic E-state index is -1.09. The summed E-state index contributed by atoms with van der Waals surface area (Å²) in [5, 5.41) is 21.6. The number of carbonyl (C=O) groups is 2. The molecule has 3 aromatic rings. The van der Waals surface area contributed by atoms with Crippen LogP contribution in [0.3, 0.4) is 0 Å². The molecule has 2 N–H and O–H groups in total. The molecule has 0 aromatic heterocycles. The Morgan fingerprint density at radius 2 is 1.72 bits per heavy atom. The molecule has 0 saturated carbocycles. The lowest BCUT2D eigenvalue weighted by molar-refractivity contribution is 0.0697. The van der Waals surface area contributed by atoms with Gasteiger partial charge in [0.15, 0.2) is 0 Å². The minimum Gasteiger partial charge on any atom is -0.478 e. The van der Waals surface area contributed by atoms with E-state index in [9.17, 15) is 14.7 Å². The summed E-state index contributed by atoms with van der Waals surface area (Å²) < 4.78 is 0. The lowest BCUT2D eigenvalue weighted by atomic mass is 9.93. The molecule has 0 heterocycles. The lowest BCUT2D eigenvalue weighted by Crippen LogP contribution is -2.27. The number of nitrogens with one attached hydrogen (secondary N) is 1. The third-order valence-electron chi connectivity index (χ3n) is 4.93. The second kappa shape index (κ2) is 10.2. The van der Waals surface area contributed by atoms with Crippen molar-refractivity contribution >= 4 is 24.0 Å². The molecule has 0 unspecified atom stereocenters. The first-order chi connectivity index (χ1) is 15.4. The number of aromatic carboxylic acids is 1. The van der Waals surface area contributed by atoms with E-state index in [-0.39, 0.29) is 11.5 Å². The fourth-order valence-corrected chi connectivity index (χ4v) is 3.24. The van der Waals surface area contributed by atoms with Crippen LogP contribution in [0.5, 0.6) is 0 Å². The molecular formula is C27H24N2O3. The summed E-state index contributed by atoms with van der Waals surface area (Å²) >= 11 is 0. The van der Waals surface area contributed by atoms with Crippen molar-refractivity contribution in [3.63, 3.8) is 0 Å². The fraction of sp³-hybridized carbons (Fsp3) is 0.148. The molecule has 0 bridgehead atoms. The molecule has 1 amide bonds. The minimum absolute atomic E-state index is 0.0708. The molecule has 3 rings (SSSR count). The number of carboxylic acid groups (broad SMARTS) is 1. The SMILES string of the molecule is CC(C)CNC(=O)c1ccc(-c2ccccc2/C=C/c2ccc(C#N)cc2)c(C(=O)O)c1. The van der Waals surface area contributed by atoms with E-state index in [1.807, 2.05) is 62.4 Å². The molecule has 0 atom stereocenters. The van der Waals surface area contributed by atoms with Gasteiger partial charge in [0.1, 0.15) is 0 Å². The molecule has 0 aliphatic rings. The Kier molecular flexibility index (Phi) is 7.20. The van der Waals surface area contributed by atoms with Gasteiger partial charge in [-0.2, -0.15) is 5.26 Å². The summed E-state index contributed by atoms with van der Waals surface area (Å²) in [5.41, 5.74) is 4.04. The molecule has 3 aromatic carbocycles. The number of nitrogens with zero attached hydrogens (tertiary/aromatic N) is 1. The van der Waals surface area contributed by atoms with Crippen LogP contribution in [-0.4, -0.2) is 23.5 Å². The highest BCUT2D eigenvalue weighted by atomic mass is 16.4. The summed E-state index contributed by atoms with van der Waals surface area (Å²) in [6.07, 6.45) is 3.82. The highest BCUT2D eigenvalue weighted by Crippen LogP contribution is 2.29. The first-order valence-electron chi connectivity index (χ1n) is 10.3. The van der Waals surface area contributed by atoms with Gasteiger partial charge in [0.05, 0.1) is 17.2 Å². The van der Waals surface area contributed by atoms with E-state index in [1.165, 1.54) is 6.07 Å². The third-order valence-corrected chi connectivity index (χ3v) is 4.93. The van der Waals surface area contributed by atoms with Crippen molar-refractivity contribution in [3.8, 4) is 17.2 Å². The van der Waals surface area contributed by atoms with Gasteiger partial charge in [0, 0.05) is 12.1 Å². The predicted octanol–water partition coefficient (Wildman–Crippen LogP) is 5.48. The van der Waals surface area contributed by atoms with Crippen molar-refractivity contribution in [2.24, 2.45) is 5.92 Å². The molecule has 160 valence electrons. The second-order valence-electron chi connectivity index (χ2n) is 7.82. The summed E-state index contributed by atoms with van der Waals surface area (Å²) in [5.74, 6) is -1.09. The molecule has 5 heteroatoms. The number of hydrogen-bond donors (Lipinski definition) is 2. The van der Waals surface area contributed by atoms with Gasteiger partial charge in [0.25, 0.3) is 5.91 Å². The lowest BCUT2D eigenvalue weighted by Gasteiger charge is -2.13. The van der Waals surface area contributed by atoms with Crippen molar-refractivity contribution in [1.82, 2.24) is 5.32 Å². The normalized spacial score (nSPS) is 10.8. The van der Waals surface area contributed by atoms with E-state index in [0.29, 0.717) is 29.2 Å². The van der Waals surface area contributed by atoms with E-state index in [2.05, 4.69) is 11.4 Å². The highest BCUT2D eigenvalue weighted by Gasteiger charge is 2.17. The van der Waals surface area contributed by atoms with E-state index in [1.54, 1.807) is 24.3 Å². The smallest absolute Gasteiger partial charge is 0.336 e. The van der Waals surface area contributed by atoms with Crippen LogP contribution >= 0.6 is 0 Å². The van der Waals surface area contributed by atoms with Crippen molar-refractivity contribution in [3.05, 3.63) is 94.5 Å². The molecule has 0 fully saturated rings. The van der Waals surface area contributed by atoms with Crippen molar-refractivity contribution in [2.75, 3.05) is 6.54 Å². The van der Waals surface area contributed by atoms with E-state index < -0.39 is 5.97 Å². The molecule has 0 spiro atoms. The van der Waals surface area contributed by atoms with Crippen LogP contribution in [0, 0.1) is 17.2 Å². The number of nitriles is 1. The number of amides is 1. The van der Waals surface area contributed by atoms with Gasteiger partial charge in [-0.05, 0) is 52.4 Å². The predicted molar refractivity (Wildman–Crippen MR) is 126 cm³/mol. The van der Waals surface area contributed by atoms with Crippen molar-refractivity contribution in [1.29, 1.82) is 5.26 Å². The number of carboxylic acids is 1. The Morgan fingerprint density at radius 1 is 1.00 bits per heavy atom. The van der Waals surface area contributed by atoms with Gasteiger partial charge in [-0.1, -0.05) is 68.5 Å². The zero-order valence-corrected chi connectivity index (χ0v) is 18.0. The monoisotopic (exact) mass is 424 g/mol. The van der Waals surface area contributed by atoms with Gasteiger partial charge in [-0.25, -0.2) is 4.79 Å². The molecule has 0 aliphatic carbocycles. The summed E-state index contributed by atoms with van der Waals surface area (Å²) in [6, 6.07) is 21.6. The van der Waals surface area contributed by atoms with Crippen LogP contribution in [0.1, 0.15) is 51.3 Å². The summed E-state index contributed by atoms with van der Waals surface area (Å²) in [7, 11) is 0. The largest absolute Gasteiger partial charge is 0.478 e. The number of hydrogen-bond acceptors (Lipinski definition) is 3. The van der Waals surface area contributed by atoms with Crippen molar-refractivity contribution < 1.29 is 14.7 Å². The Balaban J connectivity index is 1.97. The third kappa shape index (κ3) is 5.50. The Morgan fingerprint density at radius 3 is 2.38 bits per heavy atom. The first kappa shape index (κ1) is 22.5. The molecule has 0 radical (unpaired) electrons. The Labute approximate surface area is 187 Å². The molecular weight excluding hydrogens is 400 g/mol. The topological polar surface area (TPSA) is 90.2 Å². The van der Waals surface area contributed by atoms with Gasteiger partial charge in [0.2, 0.25) is 0 Å². The summed E-state index contributed by atoms with van der Waals surface area (Å²) in [4.78, 5) is 24.4. The van der Waals surface area contributed by atoms with Crippen LogP contribution in [0.4, 0.5) is 0 Å². The van der Waals surface area contributed by atoms with E-state index in [4.69, 9.17) is 5.26 Å². The zero-order valence-electron chi connectivity index (χ0n) is 18.0. The highest BCUT2D eigenvalue weighted by molar-refractivity contribution is 6.02. The Bertz CT molecular complexity index is 1200. The molecule has 0 saturated heterocycles. The van der Waals surface area contributed by atoms with Gasteiger partial charge < -0.3 is 10.4 Å². The van der Waals surface area contributed by atoms with Crippen molar-refractivity contribution in [2.45, 2.75) is 13.8 Å². The second-order valence-corrected chi connectivity index (χ2v) is 7.82.